The van der Waals surface area contributed by atoms with Crippen molar-refractivity contribution in [1.82, 2.24) is 5.32 Å². The maximum Gasteiger partial charge on any atom is 0.244 e. The summed E-state index contributed by atoms with van der Waals surface area (Å²) in [5, 5.41) is 2.73. The molecule has 2 rings (SSSR count). The van der Waals surface area contributed by atoms with Gasteiger partial charge in [-0.15, -0.1) is 0 Å². The Morgan fingerprint density at radius 2 is 1.68 bits per heavy atom. The SMILES string of the molecule is COc1ccc([C@@H](C)NC(=O)[C@H](C)N(c2ccc(F)c(F)c2)S(C)(=O)=O)cc1. The molecular formula is C19H22F2N2O4S. The number of amides is 1. The molecular weight excluding hydrogens is 390 g/mol. The van der Waals surface area contributed by atoms with E-state index in [9.17, 15) is 22.0 Å². The lowest BCUT2D eigenvalue weighted by molar-refractivity contribution is -0.122. The van der Waals surface area contributed by atoms with Gasteiger partial charge in [-0.2, -0.15) is 0 Å². The van der Waals surface area contributed by atoms with E-state index in [0.29, 0.717) is 5.75 Å². The van der Waals surface area contributed by atoms with E-state index in [2.05, 4.69) is 5.32 Å². The van der Waals surface area contributed by atoms with E-state index >= 15 is 0 Å². The second-order valence-electron chi connectivity index (χ2n) is 6.34. The van der Waals surface area contributed by atoms with Crippen molar-refractivity contribution in [1.29, 1.82) is 0 Å². The van der Waals surface area contributed by atoms with E-state index < -0.39 is 39.6 Å². The second kappa shape index (κ2) is 8.55. The first-order chi connectivity index (χ1) is 13.0. The number of carbonyl (C=O) groups is 1. The molecule has 2 aromatic carbocycles. The van der Waals surface area contributed by atoms with Crippen LogP contribution in [0.2, 0.25) is 0 Å². The summed E-state index contributed by atoms with van der Waals surface area (Å²) in [7, 11) is -2.39. The Balaban J connectivity index is 2.24. The third-order valence-corrected chi connectivity index (χ3v) is 5.46. The number of nitrogens with zero attached hydrogens (tertiary/aromatic N) is 1. The van der Waals surface area contributed by atoms with Crippen LogP contribution < -0.4 is 14.4 Å². The first-order valence-corrected chi connectivity index (χ1v) is 10.3. The lowest BCUT2D eigenvalue weighted by atomic mass is 10.1. The van der Waals surface area contributed by atoms with Crippen molar-refractivity contribution in [3.8, 4) is 5.75 Å². The van der Waals surface area contributed by atoms with E-state index in [0.717, 1.165) is 34.3 Å². The lowest BCUT2D eigenvalue weighted by Gasteiger charge is -2.29. The molecule has 0 aliphatic rings. The number of carbonyl (C=O) groups excluding carboxylic acids is 1. The molecule has 2 aromatic rings. The van der Waals surface area contributed by atoms with Crippen molar-refractivity contribution in [2.75, 3.05) is 17.7 Å². The molecule has 9 heteroatoms. The fourth-order valence-corrected chi connectivity index (χ4v) is 3.91. The van der Waals surface area contributed by atoms with Crippen LogP contribution in [0.25, 0.3) is 0 Å². The van der Waals surface area contributed by atoms with E-state index in [1.54, 1.807) is 38.3 Å². The number of benzene rings is 2. The molecule has 0 spiro atoms. The maximum atomic E-state index is 13.6. The predicted molar refractivity (Wildman–Crippen MR) is 103 cm³/mol. The van der Waals surface area contributed by atoms with Gasteiger partial charge in [0.15, 0.2) is 11.6 Å². The monoisotopic (exact) mass is 412 g/mol. The normalized spacial score (nSPS) is 13.5. The van der Waals surface area contributed by atoms with Crippen LogP contribution in [-0.2, 0) is 14.8 Å². The van der Waals surface area contributed by atoms with Crippen molar-refractivity contribution < 1.29 is 26.7 Å². The molecule has 28 heavy (non-hydrogen) atoms. The Bertz CT molecular complexity index is 949. The molecule has 6 nitrogen and oxygen atoms in total. The summed E-state index contributed by atoms with van der Waals surface area (Å²) in [5.74, 6) is -2.23. The van der Waals surface area contributed by atoms with Gasteiger partial charge in [0.05, 0.1) is 25.1 Å². The van der Waals surface area contributed by atoms with Crippen LogP contribution in [0, 0.1) is 11.6 Å². The Morgan fingerprint density at radius 3 is 2.18 bits per heavy atom. The van der Waals surface area contributed by atoms with Crippen molar-refractivity contribution >= 4 is 21.6 Å². The quantitative estimate of drug-likeness (QED) is 0.759. The molecule has 0 aromatic heterocycles. The molecule has 0 fully saturated rings. The van der Waals surface area contributed by atoms with Gasteiger partial charge in [0.1, 0.15) is 11.8 Å². The van der Waals surface area contributed by atoms with Crippen LogP contribution in [-0.4, -0.2) is 33.7 Å². The zero-order valence-corrected chi connectivity index (χ0v) is 16.8. The average molecular weight is 412 g/mol. The number of halogens is 2. The molecule has 1 N–H and O–H groups in total. The summed E-state index contributed by atoms with van der Waals surface area (Å²) in [6, 6.07) is 8.11. The Kier molecular flexibility index (Phi) is 6.60. The molecule has 2 atom stereocenters. The fraction of sp³-hybridized carbons (Fsp3) is 0.316. The van der Waals surface area contributed by atoms with Crippen LogP contribution >= 0.6 is 0 Å². The van der Waals surface area contributed by atoms with Crippen molar-refractivity contribution in [2.24, 2.45) is 0 Å². The van der Waals surface area contributed by atoms with E-state index in [1.807, 2.05) is 0 Å². The van der Waals surface area contributed by atoms with E-state index in [-0.39, 0.29) is 5.69 Å². The summed E-state index contributed by atoms with van der Waals surface area (Å²) >= 11 is 0. The third kappa shape index (κ3) is 4.98. The molecule has 0 aliphatic carbocycles. The molecule has 0 saturated heterocycles. The van der Waals surface area contributed by atoms with Crippen LogP contribution in [0.4, 0.5) is 14.5 Å². The van der Waals surface area contributed by atoms with Gasteiger partial charge in [0, 0.05) is 6.07 Å². The topological polar surface area (TPSA) is 75.7 Å². The van der Waals surface area contributed by atoms with Gasteiger partial charge in [-0.1, -0.05) is 12.1 Å². The van der Waals surface area contributed by atoms with Crippen molar-refractivity contribution in [2.45, 2.75) is 25.9 Å². The summed E-state index contributed by atoms with van der Waals surface area (Å²) in [6.45, 7) is 3.12. The smallest absolute Gasteiger partial charge is 0.244 e. The Labute approximate surface area is 163 Å². The van der Waals surface area contributed by atoms with Gasteiger partial charge in [-0.25, -0.2) is 17.2 Å². The highest BCUT2D eigenvalue weighted by Gasteiger charge is 2.30. The number of nitrogens with one attached hydrogen (secondary N) is 1. The zero-order chi connectivity index (χ0) is 21.1. The highest BCUT2D eigenvalue weighted by Crippen LogP contribution is 2.24. The number of methoxy groups -OCH3 is 1. The first kappa shape index (κ1) is 21.6. The molecule has 152 valence electrons. The van der Waals surface area contributed by atoms with Crippen LogP contribution in [0.5, 0.6) is 5.75 Å². The molecule has 0 radical (unpaired) electrons. The number of ether oxygens (including phenoxy) is 1. The summed E-state index contributed by atoms with van der Waals surface area (Å²) in [6.07, 6.45) is 0.894. The third-order valence-electron chi connectivity index (χ3n) is 4.22. The number of rotatable bonds is 7. The highest BCUT2D eigenvalue weighted by molar-refractivity contribution is 7.92. The average Bonchev–Trinajstić information content (AvgIpc) is 2.63. The molecule has 0 aliphatic heterocycles. The lowest BCUT2D eigenvalue weighted by Crippen LogP contribution is -2.48. The number of sulfonamides is 1. The van der Waals surface area contributed by atoms with E-state index in [4.69, 9.17) is 4.74 Å². The second-order valence-corrected chi connectivity index (χ2v) is 8.20. The van der Waals surface area contributed by atoms with Gasteiger partial charge < -0.3 is 10.1 Å². The summed E-state index contributed by atoms with van der Waals surface area (Å²) < 4.78 is 57.1. The van der Waals surface area contributed by atoms with Gasteiger partial charge >= 0.3 is 0 Å². The highest BCUT2D eigenvalue weighted by atomic mass is 32.2. The predicted octanol–water partition coefficient (Wildman–Crippen LogP) is 3.01. The largest absolute Gasteiger partial charge is 0.497 e. The van der Waals surface area contributed by atoms with E-state index in [1.165, 1.54) is 6.92 Å². The summed E-state index contributed by atoms with van der Waals surface area (Å²) in [5.41, 5.74) is 0.654. The minimum absolute atomic E-state index is 0.138. The zero-order valence-electron chi connectivity index (χ0n) is 15.9. The van der Waals surface area contributed by atoms with Gasteiger partial charge in [0.25, 0.3) is 0 Å². The van der Waals surface area contributed by atoms with Gasteiger partial charge in [-0.3, -0.25) is 9.10 Å². The molecule has 0 saturated carbocycles. The molecule has 0 bridgehead atoms. The maximum absolute atomic E-state index is 13.6. The van der Waals surface area contributed by atoms with Crippen molar-refractivity contribution in [3.05, 3.63) is 59.7 Å². The standard InChI is InChI=1S/C19H22F2N2O4S/c1-12(14-5-8-16(27-3)9-6-14)22-19(24)13(2)23(28(4,25)26)15-7-10-17(20)18(21)11-15/h5-13H,1-4H3,(H,22,24)/t12-,13+/m1/s1. The number of hydrogen-bond acceptors (Lipinski definition) is 4. The minimum Gasteiger partial charge on any atom is -0.497 e. The number of anilines is 1. The van der Waals surface area contributed by atoms with Gasteiger partial charge in [-0.05, 0) is 43.7 Å². The fourth-order valence-electron chi connectivity index (χ4n) is 2.74. The van der Waals surface area contributed by atoms with Crippen LogP contribution in [0.1, 0.15) is 25.5 Å². The Morgan fingerprint density at radius 1 is 1.07 bits per heavy atom. The summed E-state index contributed by atoms with van der Waals surface area (Å²) in [4.78, 5) is 12.7. The van der Waals surface area contributed by atoms with Crippen LogP contribution in [0.15, 0.2) is 42.5 Å². The number of hydrogen-bond donors (Lipinski definition) is 1. The molecule has 1 amide bonds. The van der Waals surface area contributed by atoms with Crippen molar-refractivity contribution in [3.63, 3.8) is 0 Å². The minimum atomic E-state index is -3.93. The van der Waals surface area contributed by atoms with Crippen LogP contribution in [0.3, 0.4) is 0 Å². The molecule has 0 heterocycles. The Hall–Kier alpha value is -2.68. The van der Waals surface area contributed by atoms with Gasteiger partial charge in [0.2, 0.25) is 15.9 Å². The first-order valence-electron chi connectivity index (χ1n) is 8.43. The molecule has 0 unspecified atom stereocenters.